The van der Waals surface area contributed by atoms with Crippen molar-refractivity contribution < 1.29 is 13.2 Å². The van der Waals surface area contributed by atoms with Crippen LogP contribution in [0.15, 0.2) is 84.3 Å². The van der Waals surface area contributed by atoms with Crippen molar-refractivity contribution in [1.29, 1.82) is 0 Å². The molecule has 5 nitrogen and oxygen atoms in total. The minimum Gasteiger partial charge on any atom is -0.351 e. The number of nitrogens with zero attached hydrogens (tertiary/aromatic N) is 1. The van der Waals surface area contributed by atoms with E-state index in [0.717, 1.165) is 16.7 Å². The number of rotatable bonds is 9. The van der Waals surface area contributed by atoms with E-state index < -0.39 is 9.84 Å². The molecular weight excluding hydrogens is 503 g/mol. The molecule has 3 aromatic rings. The summed E-state index contributed by atoms with van der Waals surface area (Å²) in [6, 6.07) is 24.6. The molecule has 0 saturated carbocycles. The molecule has 8 heteroatoms. The Morgan fingerprint density at radius 2 is 1.46 bits per heavy atom. The van der Waals surface area contributed by atoms with Gasteiger partial charge in [0.15, 0.2) is 9.84 Å². The maximum absolute atomic E-state index is 12.4. The molecule has 0 unspecified atom stereocenters. The predicted octanol–water partition coefficient (Wildman–Crippen LogP) is 5.36. The number of amides is 1. The minimum atomic E-state index is -3.48. The summed E-state index contributed by atoms with van der Waals surface area (Å²) >= 11 is 12.2. The second-order valence-corrected chi connectivity index (χ2v) is 11.4. The van der Waals surface area contributed by atoms with Gasteiger partial charge in [-0.15, -0.1) is 0 Å². The van der Waals surface area contributed by atoms with Crippen molar-refractivity contribution in [3.63, 3.8) is 0 Å². The van der Waals surface area contributed by atoms with Gasteiger partial charge in [-0.25, -0.2) is 8.42 Å². The van der Waals surface area contributed by atoms with Crippen LogP contribution >= 0.6 is 23.2 Å². The van der Waals surface area contributed by atoms with Crippen LogP contribution in [0.3, 0.4) is 0 Å². The number of carbonyl (C=O) groups excluding carboxylic acids is 1. The molecule has 0 bridgehead atoms. The molecule has 0 radical (unpaired) electrons. The standard InChI is InChI=1S/C27H26Cl2N2O3S/c28-23-10-6-21(7-11-23)27(22-8-12-24(29)13-9-22)31-18-25(19-31)30-26(32)15-17-35(33,34)16-14-20-4-2-1-3-5-20/h1-14,16,25,27H,15,17-19H2,(H,30,32)/b16-14+. The zero-order chi connectivity index (χ0) is 24.8. The van der Waals surface area contributed by atoms with Crippen molar-refractivity contribution in [2.45, 2.75) is 18.5 Å². The summed E-state index contributed by atoms with van der Waals surface area (Å²) in [5, 5.41) is 5.47. The fraction of sp³-hybridized carbons (Fsp3) is 0.222. The highest BCUT2D eigenvalue weighted by atomic mass is 35.5. The number of likely N-dealkylation sites (tertiary alicyclic amines) is 1. The molecule has 1 N–H and O–H groups in total. The molecule has 1 heterocycles. The molecule has 0 atom stereocenters. The first kappa shape index (κ1) is 25.5. The molecule has 3 aromatic carbocycles. The van der Waals surface area contributed by atoms with Gasteiger partial charge in [-0.2, -0.15) is 0 Å². The fourth-order valence-corrected chi connectivity index (χ4v) is 5.29. The van der Waals surface area contributed by atoms with Gasteiger partial charge in [0.1, 0.15) is 0 Å². The number of benzene rings is 3. The molecule has 1 fully saturated rings. The molecule has 1 saturated heterocycles. The van der Waals surface area contributed by atoms with E-state index >= 15 is 0 Å². The van der Waals surface area contributed by atoms with Crippen LogP contribution in [-0.2, 0) is 14.6 Å². The molecular formula is C27H26Cl2N2O3S. The van der Waals surface area contributed by atoms with Crippen molar-refractivity contribution in [2.75, 3.05) is 18.8 Å². The average molecular weight is 529 g/mol. The van der Waals surface area contributed by atoms with E-state index in [1.807, 2.05) is 78.9 Å². The van der Waals surface area contributed by atoms with Crippen LogP contribution in [0.1, 0.15) is 29.2 Å². The van der Waals surface area contributed by atoms with Gasteiger partial charge < -0.3 is 5.32 Å². The van der Waals surface area contributed by atoms with E-state index in [4.69, 9.17) is 23.2 Å². The molecule has 0 aromatic heterocycles. The Morgan fingerprint density at radius 1 is 0.914 bits per heavy atom. The Kier molecular flexibility index (Phi) is 8.29. The molecule has 182 valence electrons. The Morgan fingerprint density at radius 3 is 2.00 bits per heavy atom. The Bertz CT molecular complexity index is 1230. The zero-order valence-corrected chi connectivity index (χ0v) is 21.3. The lowest BCUT2D eigenvalue weighted by molar-refractivity contribution is -0.122. The summed E-state index contributed by atoms with van der Waals surface area (Å²) in [6.45, 7) is 1.31. The predicted molar refractivity (Wildman–Crippen MR) is 142 cm³/mol. The SMILES string of the molecule is O=C(CCS(=O)(=O)/C=C/c1ccccc1)NC1CN(C(c2ccc(Cl)cc2)c2ccc(Cl)cc2)C1. The van der Waals surface area contributed by atoms with Crippen LogP contribution in [-0.4, -0.2) is 44.1 Å². The molecule has 1 amide bonds. The first-order valence-corrected chi connectivity index (χ1v) is 13.8. The number of carbonyl (C=O) groups is 1. The Balaban J connectivity index is 1.32. The van der Waals surface area contributed by atoms with Crippen LogP contribution in [0.4, 0.5) is 0 Å². The zero-order valence-electron chi connectivity index (χ0n) is 19.0. The normalized spacial score (nSPS) is 14.8. The van der Waals surface area contributed by atoms with E-state index in [9.17, 15) is 13.2 Å². The van der Waals surface area contributed by atoms with E-state index in [2.05, 4.69) is 10.2 Å². The Hall–Kier alpha value is -2.64. The van der Waals surface area contributed by atoms with Crippen LogP contribution in [0, 0.1) is 0 Å². The lowest BCUT2D eigenvalue weighted by Gasteiger charge is -2.45. The average Bonchev–Trinajstić information content (AvgIpc) is 2.83. The quantitative estimate of drug-likeness (QED) is 0.406. The maximum atomic E-state index is 12.4. The Labute approximate surface area is 216 Å². The third kappa shape index (κ3) is 7.18. The number of hydrogen-bond donors (Lipinski definition) is 1. The second kappa shape index (κ2) is 11.4. The van der Waals surface area contributed by atoms with Crippen molar-refractivity contribution in [2.24, 2.45) is 0 Å². The van der Waals surface area contributed by atoms with E-state index in [0.29, 0.717) is 23.1 Å². The summed E-state index contributed by atoms with van der Waals surface area (Å²) in [7, 11) is -3.48. The van der Waals surface area contributed by atoms with Crippen LogP contribution in [0.2, 0.25) is 10.0 Å². The minimum absolute atomic E-state index is 0.00110. The number of sulfone groups is 1. The van der Waals surface area contributed by atoms with Gasteiger partial charge in [-0.3, -0.25) is 9.69 Å². The summed E-state index contributed by atoms with van der Waals surface area (Å²) < 4.78 is 24.6. The van der Waals surface area contributed by atoms with E-state index in [1.165, 1.54) is 5.41 Å². The van der Waals surface area contributed by atoms with Gasteiger partial charge >= 0.3 is 0 Å². The van der Waals surface area contributed by atoms with Gasteiger partial charge in [0, 0.05) is 35.0 Å². The van der Waals surface area contributed by atoms with Crippen LogP contribution < -0.4 is 5.32 Å². The van der Waals surface area contributed by atoms with Gasteiger partial charge in [-0.05, 0) is 47.0 Å². The highest BCUT2D eigenvalue weighted by Gasteiger charge is 2.34. The molecule has 35 heavy (non-hydrogen) atoms. The van der Waals surface area contributed by atoms with Gasteiger partial charge in [0.05, 0.1) is 17.8 Å². The lowest BCUT2D eigenvalue weighted by Crippen LogP contribution is -2.60. The summed E-state index contributed by atoms with van der Waals surface area (Å²) in [5.74, 6) is -0.489. The third-order valence-corrected chi connectivity index (χ3v) is 7.72. The topological polar surface area (TPSA) is 66.5 Å². The second-order valence-electron chi connectivity index (χ2n) is 8.55. The van der Waals surface area contributed by atoms with Crippen LogP contribution in [0.25, 0.3) is 6.08 Å². The summed E-state index contributed by atoms with van der Waals surface area (Å²) in [6.07, 6.45) is 1.47. The summed E-state index contributed by atoms with van der Waals surface area (Å²) in [5.41, 5.74) is 2.99. The number of halogens is 2. The van der Waals surface area contributed by atoms with Crippen molar-refractivity contribution in [3.05, 3.63) is 111 Å². The summed E-state index contributed by atoms with van der Waals surface area (Å²) in [4.78, 5) is 14.7. The van der Waals surface area contributed by atoms with Gasteiger partial charge in [-0.1, -0.05) is 77.8 Å². The molecule has 1 aliphatic heterocycles. The fourth-order valence-electron chi connectivity index (χ4n) is 4.07. The molecule has 1 aliphatic rings. The van der Waals surface area contributed by atoms with E-state index in [-0.39, 0.29) is 30.2 Å². The largest absolute Gasteiger partial charge is 0.351 e. The first-order chi connectivity index (χ1) is 16.8. The van der Waals surface area contributed by atoms with Crippen LogP contribution in [0.5, 0.6) is 0 Å². The molecule has 0 aliphatic carbocycles. The number of hydrogen-bond acceptors (Lipinski definition) is 4. The van der Waals surface area contributed by atoms with E-state index in [1.54, 1.807) is 6.08 Å². The van der Waals surface area contributed by atoms with Gasteiger partial charge in [0.25, 0.3) is 0 Å². The monoisotopic (exact) mass is 528 g/mol. The smallest absolute Gasteiger partial charge is 0.221 e. The molecule has 0 spiro atoms. The lowest BCUT2D eigenvalue weighted by atomic mass is 9.93. The highest BCUT2D eigenvalue weighted by Crippen LogP contribution is 2.33. The van der Waals surface area contributed by atoms with Crippen molar-refractivity contribution >= 4 is 45.0 Å². The highest BCUT2D eigenvalue weighted by molar-refractivity contribution is 7.94. The van der Waals surface area contributed by atoms with Crippen molar-refractivity contribution in [3.8, 4) is 0 Å². The van der Waals surface area contributed by atoms with Gasteiger partial charge in [0.2, 0.25) is 5.91 Å². The maximum Gasteiger partial charge on any atom is 0.221 e. The number of nitrogens with one attached hydrogen (secondary N) is 1. The van der Waals surface area contributed by atoms with Crippen molar-refractivity contribution in [1.82, 2.24) is 10.2 Å². The third-order valence-electron chi connectivity index (χ3n) is 5.89. The molecule has 4 rings (SSSR count). The first-order valence-electron chi connectivity index (χ1n) is 11.3.